The second kappa shape index (κ2) is 6.09. The number of carbonyl (C=O) groups is 1. The minimum absolute atomic E-state index is 0.0669. The third-order valence-electron chi connectivity index (χ3n) is 4.30. The number of benzene rings is 1. The van der Waals surface area contributed by atoms with Crippen molar-refractivity contribution in [3.63, 3.8) is 0 Å². The zero-order chi connectivity index (χ0) is 15.8. The standard InChI is InChI=1S/C16H17ClN4OS/c17-13-5-3-12(4-6-13)15(22)20-7-9-21(10-8-20)16-18-14(19-23-16)11-1-2-11/h3-6,11H,1-2,7-10H2. The number of amides is 1. The molecule has 0 bridgehead atoms. The first-order chi connectivity index (χ1) is 11.2. The van der Waals surface area contributed by atoms with E-state index in [0.717, 1.165) is 24.0 Å². The van der Waals surface area contributed by atoms with Crippen molar-refractivity contribution in [3.8, 4) is 0 Å². The summed E-state index contributed by atoms with van der Waals surface area (Å²) in [6, 6.07) is 7.07. The van der Waals surface area contributed by atoms with E-state index in [1.54, 1.807) is 24.3 Å². The molecule has 23 heavy (non-hydrogen) atoms. The van der Waals surface area contributed by atoms with Crippen LogP contribution in [0.4, 0.5) is 5.13 Å². The molecule has 4 rings (SSSR count). The van der Waals surface area contributed by atoms with Crippen LogP contribution in [-0.2, 0) is 0 Å². The minimum atomic E-state index is 0.0669. The van der Waals surface area contributed by atoms with Gasteiger partial charge in [-0.1, -0.05) is 11.6 Å². The number of aromatic nitrogens is 2. The van der Waals surface area contributed by atoms with Gasteiger partial charge >= 0.3 is 0 Å². The zero-order valence-electron chi connectivity index (χ0n) is 12.6. The molecule has 1 aliphatic carbocycles. The fraction of sp³-hybridized carbons (Fsp3) is 0.438. The molecule has 0 spiro atoms. The number of halogens is 1. The largest absolute Gasteiger partial charge is 0.343 e. The van der Waals surface area contributed by atoms with Gasteiger partial charge in [0.1, 0.15) is 5.82 Å². The van der Waals surface area contributed by atoms with E-state index >= 15 is 0 Å². The molecule has 2 heterocycles. The predicted octanol–water partition coefficient (Wildman–Crippen LogP) is 3.03. The summed E-state index contributed by atoms with van der Waals surface area (Å²) in [5, 5.41) is 1.64. The van der Waals surface area contributed by atoms with Gasteiger partial charge in [-0.2, -0.15) is 4.37 Å². The lowest BCUT2D eigenvalue weighted by Gasteiger charge is -2.34. The molecule has 1 saturated heterocycles. The van der Waals surface area contributed by atoms with Gasteiger partial charge in [0.25, 0.3) is 5.91 Å². The van der Waals surface area contributed by atoms with Crippen molar-refractivity contribution >= 4 is 34.2 Å². The number of hydrogen-bond donors (Lipinski definition) is 0. The van der Waals surface area contributed by atoms with Crippen LogP contribution in [0.5, 0.6) is 0 Å². The molecule has 0 N–H and O–H groups in total. The molecule has 7 heteroatoms. The van der Waals surface area contributed by atoms with Gasteiger partial charge < -0.3 is 9.80 Å². The first kappa shape index (κ1) is 14.9. The maximum absolute atomic E-state index is 12.5. The Hall–Kier alpha value is -1.66. The molecule has 5 nitrogen and oxygen atoms in total. The number of carbonyl (C=O) groups excluding carboxylic acids is 1. The summed E-state index contributed by atoms with van der Waals surface area (Å²) in [5.74, 6) is 1.66. The summed E-state index contributed by atoms with van der Waals surface area (Å²) in [4.78, 5) is 21.3. The van der Waals surface area contributed by atoms with E-state index in [1.165, 1.54) is 24.4 Å². The van der Waals surface area contributed by atoms with Crippen molar-refractivity contribution in [1.82, 2.24) is 14.3 Å². The van der Waals surface area contributed by atoms with Crippen LogP contribution in [0.15, 0.2) is 24.3 Å². The van der Waals surface area contributed by atoms with Gasteiger partial charge in [0.05, 0.1) is 0 Å². The van der Waals surface area contributed by atoms with Gasteiger partial charge in [0.15, 0.2) is 0 Å². The van der Waals surface area contributed by atoms with E-state index in [4.69, 9.17) is 11.6 Å². The SMILES string of the molecule is O=C(c1ccc(Cl)cc1)N1CCN(c2nc(C3CC3)ns2)CC1. The Kier molecular flexibility index (Phi) is 3.95. The molecule has 0 unspecified atom stereocenters. The molecule has 2 aromatic rings. The first-order valence-electron chi connectivity index (χ1n) is 7.84. The highest BCUT2D eigenvalue weighted by molar-refractivity contribution is 7.09. The van der Waals surface area contributed by atoms with E-state index < -0.39 is 0 Å². The van der Waals surface area contributed by atoms with Gasteiger partial charge in [-0.3, -0.25) is 4.79 Å². The van der Waals surface area contributed by atoms with Crippen LogP contribution >= 0.6 is 23.1 Å². The quantitative estimate of drug-likeness (QED) is 0.855. The number of hydrogen-bond acceptors (Lipinski definition) is 5. The minimum Gasteiger partial charge on any atom is -0.343 e. The summed E-state index contributed by atoms with van der Waals surface area (Å²) in [5.41, 5.74) is 0.690. The maximum atomic E-state index is 12.5. The number of piperazine rings is 1. The van der Waals surface area contributed by atoms with Crippen LogP contribution in [-0.4, -0.2) is 46.3 Å². The topological polar surface area (TPSA) is 49.3 Å². The smallest absolute Gasteiger partial charge is 0.253 e. The maximum Gasteiger partial charge on any atom is 0.253 e. The molecule has 2 aliphatic rings. The molecule has 2 fully saturated rings. The lowest BCUT2D eigenvalue weighted by Crippen LogP contribution is -2.48. The number of anilines is 1. The van der Waals surface area contributed by atoms with Crippen molar-refractivity contribution < 1.29 is 4.79 Å². The Morgan fingerprint density at radius 1 is 1.13 bits per heavy atom. The van der Waals surface area contributed by atoms with Crippen LogP contribution in [0.2, 0.25) is 5.02 Å². The van der Waals surface area contributed by atoms with E-state index in [-0.39, 0.29) is 5.91 Å². The number of nitrogens with zero attached hydrogens (tertiary/aromatic N) is 4. The molecule has 0 radical (unpaired) electrons. The summed E-state index contributed by atoms with van der Waals surface area (Å²) in [6.45, 7) is 3.02. The normalized spacial score (nSPS) is 18.3. The van der Waals surface area contributed by atoms with Gasteiger partial charge in [-0.25, -0.2) is 4.98 Å². The molecule has 1 amide bonds. The molecule has 1 aliphatic heterocycles. The summed E-state index contributed by atoms with van der Waals surface area (Å²) in [6.07, 6.45) is 2.44. The molecule has 0 atom stereocenters. The van der Waals surface area contributed by atoms with Crippen molar-refractivity contribution in [2.75, 3.05) is 31.1 Å². The van der Waals surface area contributed by atoms with E-state index in [9.17, 15) is 4.79 Å². The highest BCUT2D eigenvalue weighted by atomic mass is 35.5. The van der Waals surface area contributed by atoms with Crippen LogP contribution < -0.4 is 4.90 Å². The second-order valence-corrected chi connectivity index (χ2v) is 7.16. The Morgan fingerprint density at radius 3 is 2.48 bits per heavy atom. The molecule has 120 valence electrons. The highest BCUT2D eigenvalue weighted by Gasteiger charge is 2.29. The fourth-order valence-electron chi connectivity index (χ4n) is 2.74. The van der Waals surface area contributed by atoms with Crippen LogP contribution in [0.25, 0.3) is 0 Å². The van der Waals surface area contributed by atoms with Crippen molar-refractivity contribution in [1.29, 1.82) is 0 Å². The fourth-order valence-corrected chi connectivity index (χ4v) is 3.66. The van der Waals surface area contributed by atoms with Crippen molar-refractivity contribution in [2.24, 2.45) is 0 Å². The lowest BCUT2D eigenvalue weighted by atomic mass is 10.2. The average Bonchev–Trinajstić information content (AvgIpc) is 3.32. The second-order valence-electron chi connectivity index (χ2n) is 6.00. The number of rotatable bonds is 3. The van der Waals surface area contributed by atoms with Crippen molar-refractivity contribution in [2.45, 2.75) is 18.8 Å². The zero-order valence-corrected chi connectivity index (χ0v) is 14.2. The summed E-state index contributed by atoms with van der Waals surface area (Å²) in [7, 11) is 0. The Bertz CT molecular complexity index is 705. The van der Waals surface area contributed by atoms with Gasteiger partial charge in [-0.05, 0) is 37.1 Å². The molecular weight excluding hydrogens is 332 g/mol. The lowest BCUT2D eigenvalue weighted by molar-refractivity contribution is 0.0747. The predicted molar refractivity (Wildman–Crippen MR) is 91.5 cm³/mol. The van der Waals surface area contributed by atoms with E-state index in [0.29, 0.717) is 29.6 Å². The third-order valence-corrected chi connectivity index (χ3v) is 5.35. The van der Waals surface area contributed by atoms with E-state index in [2.05, 4.69) is 14.3 Å². The van der Waals surface area contributed by atoms with Crippen LogP contribution in [0.1, 0.15) is 34.9 Å². The van der Waals surface area contributed by atoms with Gasteiger partial charge in [0.2, 0.25) is 5.13 Å². The molecule has 1 aromatic carbocycles. The Morgan fingerprint density at radius 2 is 1.83 bits per heavy atom. The summed E-state index contributed by atoms with van der Waals surface area (Å²) < 4.78 is 4.46. The molecular formula is C16H17ClN4OS. The first-order valence-corrected chi connectivity index (χ1v) is 8.99. The Balaban J connectivity index is 1.38. The van der Waals surface area contributed by atoms with E-state index in [1.807, 2.05) is 4.90 Å². The Labute approximate surface area is 144 Å². The van der Waals surface area contributed by atoms with Crippen molar-refractivity contribution in [3.05, 3.63) is 40.7 Å². The monoisotopic (exact) mass is 348 g/mol. The molecule has 1 saturated carbocycles. The van der Waals surface area contributed by atoms with Gasteiger partial charge in [-0.15, -0.1) is 0 Å². The third kappa shape index (κ3) is 3.19. The average molecular weight is 349 g/mol. The molecule has 1 aromatic heterocycles. The van der Waals surface area contributed by atoms with Crippen LogP contribution in [0, 0.1) is 0 Å². The summed E-state index contributed by atoms with van der Waals surface area (Å²) >= 11 is 7.35. The highest BCUT2D eigenvalue weighted by Crippen LogP contribution is 2.39. The van der Waals surface area contributed by atoms with Crippen LogP contribution in [0.3, 0.4) is 0 Å². The van der Waals surface area contributed by atoms with Gasteiger partial charge in [0, 0.05) is 54.2 Å².